The van der Waals surface area contributed by atoms with Gasteiger partial charge in [-0.05, 0) is 42.0 Å². The number of para-hydroxylation sites is 2. The summed E-state index contributed by atoms with van der Waals surface area (Å²) in [5, 5.41) is 2.76. The van der Waals surface area contributed by atoms with Crippen molar-refractivity contribution in [1.29, 1.82) is 0 Å². The van der Waals surface area contributed by atoms with Crippen molar-refractivity contribution in [3.05, 3.63) is 96.4 Å². The Labute approximate surface area is 215 Å². The van der Waals surface area contributed by atoms with Gasteiger partial charge in [-0.1, -0.05) is 42.5 Å². The molecule has 5 rings (SSSR count). The zero-order valence-corrected chi connectivity index (χ0v) is 20.4. The van der Waals surface area contributed by atoms with Crippen molar-refractivity contribution in [2.75, 3.05) is 43.0 Å². The summed E-state index contributed by atoms with van der Waals surface area (Å²) in [6.45, 7) is 4.48. The number of piperazine rings is 1. The van der Waals surface area contributed by atoms with Gasteiger partial charge in [-0.25, -0.2) is 9.78 Å². The molecule has 1 aliphatic heterocycles. The number of hydrogen-bond donors (Lipinski definition) is 1. The third kappa shape index (κ3) is 6.62. The lowest BCUT2D eigenvalue weighted by Gasteiger charge is -2.36. The first-order chi connectivity index (χ1) is 18.1. The maximum absolute atomic E-state index is 12.2. The fraction of sp³-hybridized carbons (Fsp3) is 0.207. The number of esters is 1. The number of fused-ring (bicyclic) bond motifs is 1. The van der Waals surface area contributed by atoms with E-state index in [4.69, 9.17) is 9.15 Å². The van der Waals surface area contributed by atoms with Gasteiger partial charge in [-0.3, -0.25) is 9.69 Å². The van der Waals surface area contributed by atoms with Gasteiger partial charge in [0.25, 0.3) is 5.91 Å². The summed E-state index contributed by atoms with van der Waals surface area (Å²) in [4.78, 5) is 33.2. The molecule has 8 heteroatoms. The molecule has 4 aromatic rings. The second-order valence-electron chi connectivity index (χ2n) is 8.80. The summed E-state index contributed by atoms with van der Waals surface area (Å²) in [7, 11) is 0. The van der Waals surface area contributed by atoms with Crippen LogP contribution in [0.1, 0.15) is 11.5 Å². The highest BCUT2D eigenvalue weighted by molar-refractivity contribution is 5.94. The fourth-order valence-electron chi connectivity index (χ4n) is 4.24. The SMILES string of the molecule is O=C(COC(=O)/C=C/c1nc2ccccc2o1)Nc1ccc(N2CCN(Cc3ccccc3)CC2)cc1. The number of carbonyl (C=O) groups is 2. The molecule has 1 aromatic heterocycles. The molecule has 1 saturated heterocycles. The van der Waals surface area contributed by atoms with E-state index in [2.05, 4.69) is 44.4 Å². The highest BCUT2D eigenvalue weighted by Crippen LogP contribution is 2.20. The molecule has 2 heterocycles. The number of nitrogens with one attached hydrogen (secondary N) is 1. The van der Waals surface area contributed by atoms with Gasteiger partial charge < -0.3 is 19.4 Å². The van der Waals surface area contributed by atoms with E-state index in [1.54, 1.807) is 6.07 Å². The quantitative estimate of drug-likeness (QED) is 0.287. The zero-order chi connectivity index (χ0) is 25.5. The average Bonchev–Trinajstić information content (AvgIpc) is 3.35. The summed E-state index contributed by atoms with van der Waals surface area (Å²) in [5.74, 6) is -0.773. The van der Waals surface area contributed by atoms with Gasteiger partial charge in [0.1, 0.15) is 5.52 Å². The summed E-state index contributed by atoms with van der Waals surface area (Å²) in [5.41, 5.74) is 4.43. The van der Waals surface area contributed by atoms with Gasteiger partial charge in [0, 0.05) is 56.3 Å². The Morgan fingerprint density at radius 3 is 2.41 bits per heavy atom. The van der Waals surface area contributed by atoms with Crippen LogP contribution < -0.4 is 10.2 Å². The number of ether oxygens (including phenoxy) is 1. The minimum atomic E-state index is -0.654. The molecular formula is C29H28N4O4. The van der Waals surface area contributed by atoms with E-state index in [1.165, 1.54) is 17.7 Å². The molecule has 0 bridgehead atoms. The van der Waals surface area contributed by atoms with Crippen LogP contribution in [0.3, 0.4) is 0 Å². The molecule has 0 atom stereocenters. The second kappa shape index (κ2) is 11.5. The van der Waals surface area contributed by atoms with Crippen LogP contribution in [-0.2, 0) is 20.9 Å². The third-order valence-electron chi connectivity index (χ3n) is 6.16. The van der Waals surface area contributed by atoms with Crippen LogP contribution in [0.25, 0.3) is 17.2 Å². The van der Waals surface area contributed by atoms with Gasteiger partial charge in [-0.2, -0.15) is 0 Å². The molecule has 1 N–H and O–H groups in total. The van der Waals surface area contributed by atoms with Crippen molar-refractivity contribution in [2.45, 2.75) is 6.54 Å². The number of amides is 1. The second-order valence-corrected chi connectivity index (χ2v) is 8.80. The van der Waals surface area contributed by atoms with Crippen molar-refractivity contribution < 1.29 is 18.7 Å². The predicted octanol–water partition coefficient (Wildman–Crippen LogP) is 4.35. The third-order valence-corrected chi connectivity index (χ3v) is 6.16. The average molecular weight is 497 g/mol. The maximum atomic E-state index is 12.2. The smallest absolute Gasteiger partial charge is 0.331 e. The van der Waals surface area contributed by atoms with E-state index < -0.39 is 11.9 Å². The van der Waals surface area contributed by atoms with E-state index in [9.17, 15) is 9.59 Å². The Morgan fingerprint density at radius 2 is 1.65 bits per heavy atom. The number of anilines is 2. The number of carbonyl (C=O) groups excluding carboxylic acids is 2. The molecule has 0 aliphatic carbocycles. The number of aromatic nitrogens is 1. The fourth-order valence-corrected chi connectivity index (χ4v) is 4.24. The van der Waals surface area contributed by atoms with E-state index in [0.717, 1.165) is 38.4 Å². The van der Waals surface area contributed by atoms with Crippen LogP contribution in [-0.4, -0.2) is 54.5 Å². The highest BCUT2D eigenvalue weighted by atomic mass is 16.5. The van der Waals surface area contributed by atoms with Crippen molar-refractivity contribution in [3.63, 3.8) is 0 Å². The number of nitrogens with zero attached hydrogens (tertiary/aromatic N) is 3. The summed E-state index contributed by atoms with van der Waals surface area (Å²) in [6.07, 6.45) is 2.60. The number of benzene rings is 3. The molecule has 0 radical (unpaired) electrons. The Morgan fingerprint density at radius 1 is 0.919 bits per heavy atom. The van der Waals surface area contributed by atoms with E-state index in [0.29, 0.717) is 22.7 Å². The lowest BCUT2D eigenvalue weighted by atomic mass is 10.2. The monoisotopic (exact) mass is 496 g/mol. The Bertz CT molecular complexity index is 1340. The van der Waals surface area contributed by atoms with Crippen LogP contribution >= 0.6 is 0 Å². The number of rotatable bonds is 8. The minimum absolute atomic E-state index is 0.292. The van der Waals surface area contributed by atoms with Crippen molar-refractivity contribution in [1.82, 2.24) is 9.88 Å². The maximum Gasteiger partial charge on any atom is 0.331 e. The van der Waals surface area contributed by atoms with Crippen LogP contribution in [0.5, 0.6) is 0 Å². The summed E-state index contributed by atoms with van der Waals surface area (Å²) < 4.78 is 10.5. The standard InChI is InChI=1S/C29H28N4O4/c34-27(21-36-29(35)15-14-28-31-25-8-4-5-9-26(25)37-28)30-23-10-12-24(13-11-23)33-18-16-32(17-19-33)20-22-6-2-1-3-7-22/h1-15H,16-21H2,(H,30,34)/b15-14+. The normalized spacial score (nSPS) is 14.2. The molecule has 0 unspecified atom stereocenters. The molecular weight excluding hydrogens is 468 g/mol. The zero-order valence-electron chi connectivity index (χ0n) is 20.4. The molecule has 188 valence electrons. The van der Waals surface area contributed by atoms with Crippen LogP contribution in [0.15, 0.2) is 89.4 Å². The Hall–Kier alpha value is -4.43. The van der Waals surface area contributed by atoms with Crippen LogP contribution in [0.2, 0.25) is 0 Å². The van der Waals surface area contributed by atoms with Gasteiger partial charge in [0.15, 0.2) is 12.2 Å². The van der Waals surface area contributed by atoms with E-state index in [1.807, 2.05) is 48.5 Å². The molecule has 1 amide bonds. The first kappa shape index (κ1) is 24.3. The molecule has 8 nitrogen and oxygen atoms in total. The Kier molecular flexibility index (Phi) is 7.57. The number of hydrogen-bond acceptors (Lipinski definition) is 7. The van der Waals surface area contributed by atoms with Crippen LogP contribution in [0.4, 0.5) is 11.4 Å². The van der Waals surface area contributed by atoms with Crippen molar-refractivity contribution in [3.8, 4) is 0 Å². The largest absolute Gasteiger partial charge is 0.452 e. The highest BCUT2D eigenvalue weighted by Gasteiger charge is 2.17. The van der Waals surface area contributed by atoms with Crippen molar-refractivity contribution >= 4 is 40.4 Å². The molecule has 0 saturated carbocycles. The molecule has 37 heavy (non-hydrogen) atoms. The molecule has 1 fully saturated rings. The Balaban J connectivity index is 1.04. The topological polar surface area (TPSA) is 87.9 Å². The van der Waals surface area contributed by atoms with E-state index in [-0.39, 0.29) is 6.61 Å². The van der Waals surface area contributed by atoms with Crippen LogP contribution in [0, 0.1) is 0 Å². The van der Waals surface area contributed by atoms with E-state index >= 15 is 0 Å². The van der Waals surface area contributed by atoms with Gasteiger partial charge in [0.05, 0.1) is 0 Å². The lowest BCUT2D eigenvalue weighted by molar-refractivity contribution is -0.142. The summed E-state index contributed by atoms with van der Waals surface area (Å²) >= 11 is 0. The predicted molar refractivity (Wildman–Crippen MR) is 143 cm³/mol. The van der Waals surface area contributed by atoms with Crippen molar-refractivity contribution in [2.24, 2.45) is 0 Å². The lowest BCUT2D eigenvalue weighted by Crippen LogP contribution is -2.45. The van der Waals surface area contributed by atoms with Gasteiger partial charge in [0.2, 0.25) is 5.89 Å². The van der Waals surface area contributed by atoms with Gasteiger partial charge in [-0.15, -0.1) is 0 Å². The minimum Gasteiger partial charge on any atom is -0.452 e. The van der Waals surface area contributed by atoms with Gasteiger partial charge >= 0.3 is 5.97 Å². The molecule has 1 aliphatic rings. The summed E-state index contributed by atoms with van der Waals surface area (Å²) in [6, 6.07) is 25.5. The first-order valence-corrected chi connectivity index (χ1v) is 12.2. The first-order valence-electron chi connectivity index (χ1n) is 12.2. The molecule has 0 spiro atoms. The number of oxazole rings is 1. The molecule has 3 aromatic carbocycles.